The molecule has 3 heteroatoms. The van der Waals surface area contributed by atoms with Crippen molar-refractivity contribution >= 4 is 17.3 Å². The number of likely N-dealkylation sites (N-methyl/N-ethyl adjacent to an activating group) is 1. The van der Waals surface area contributed by atoms with Gasteiger partial charge in [-0.25, -0.2) is 0 Å². The molecule has 15 heavy (non-hydrogen) atoms. The van der Waals surface area contributed by atoms with Gasteiger partial charge in [0.1, 0.15) is 0 Å². The SMILES string of the molecule is Cc1c(Cl)ccc2c1N(C)C(CCN)C2. The predicted octanol–water partition coefficient (Wildman–Crippen LogP) is 2.36. The lowest BCUT2D eigenvalue weighted by atomic mass is 10.1. The minimum atomic E-state index is 0.544. The van der Waals surface area contributed by atoms with Gasteiger partial charge in [-0.15, -0.1) is 0 Å². The van der Waals surface area contributed by atoms with Gasteiger partial charge < -0.3 is 10.6 Å². The zero-order valence-corrected chi connectivity index (χ0v) is 10.0. The second kappa shape index (κ2) is 4.03. The van der Waals surface area contributed by atoms with Crippen LogP contribution in [-0.2, 0) is 6.42 Å². The van der Waals surface area contributed by atoms with E-state index in [0.717, 1.165) is 24.4 Å². The van der Waals surface area contributed by atoms with Crippen molar-refractivity contribution in [1.82, 2.24) is 0 Å². The van der Waals surface area contributed by atoms with Gasteiger partial charge in [-0.05, 0) is 43.5 Å². The van der Waals surface area contributed by atoms with Crippen LogP contribution in [0.4, 0.5) is 5.69 Å². The molecule has 0 fully saturated rings. The maximum Gasteiger partial charge on any atom is 0.0456 e. The van der Waals surface area contributed by atoms with E-state index in [1.165, 1.54) is 16.8 Å². The van der Waals surface area contributed by atoms with Crippen molar-refractivity contribution in [1.29, 1.82) is 0 Å². The molecule has 0 aliphatic carbocycles. The van der Waals surface area contributed by atoms with Crippen molar-refractivity contribution in [2.45, 2.75) is 25.8 Å². The number of hydrogen-bond donors (Lipinski definition) is 1. The van der Waals surface area contributed by atoms with Crippen LogP contribution in [0.25, 0.3) is 0 Å². The highest BCUT2D eigenvalue weighted by Gasteiger charge is 2.27. The summed E-state index contributed by atoms with van der Waals surface area (Å²) in [6, 6.07) is 4.67. The number of nitrogens with zero attached hydrogens (tertiary/aromatic N) is 1. The first-order chi connectivity index (χ1) is 7.15. The Morgan fingerprint density at radius 3 is 2.93 bits per heavy atom. The third kappa shape index (κ3) is 1.72. The van der Waals surface area contributed by atoms with Crippen LogP contribution in [0.1, 0.15) is 17.5 Å². The summed E-state index contributed by atoms with van der Waals surface area (Å²) in [4.78, 5) is 2.32. The molecule has 1 atom stereocenters. The van der Waals surface area contributed by atoms with Crippen LogP contribution >= 0.6 is 11.6 Å². The van der Waals surface area contributed by atoms with Gasteiger partial charge in [-0.1, -0.05) is 17.7 Å². The van der Waals surface area contributed by atoms with E-state index in [9.17, 15) is 0 Å². The van der Waals surface area contributed by atoms with E-state index >= 15 is 0 Å². The number of anilines is 1. The molecule has 2 N–H and O–H groups in total. The summed E-state index contributed by atoms with van der Waals surface area (Å²) in [6.07, 6.45) is 2.14. The van der Waals surface area contributed by atoms with Crippen molar-refractivity contribution < 1.29 is 0 Å². The Labute approximate surface area is 96.0 Å². The van der Waals surface area contributed by atoms with E-state index in [1.807, 2.05) is 6.07 Å². The van der Waals surface area contributed by atoms with Crippen LogP contribution < -0.4 is 10.6 Å². The first-order valence-electron chi connectivity index (χ1n) is 5.36. The monoisotopic (exact) mass is 224 g/mol. The van der Waals surface area contributed by atoms with Gasteiger partial charge in [0.2, 0.25) is 0 Å². The second-order valence-corrected chi connectivity index (χ2v) is 4.63. The molecule has 1 aromatic carbocycles. The van der Waals surface area contributed by atoms with E-state index in [1.54, 1.807) is 0 Å². The number of halogens is 1. The van der Waals surface area contributed by atoms with E-state index in [4.69, 9.17) is 17.3 Å². The van der Waals surface area contributed by atoms with Crippen LogP contribution in [0.2, 0.25) is 5.02 Å². The lowest BCUT2D eigenvalue weighted by Crippen LogP contribution is -2.30. The third-order valence-electron chi connectivity index (χ3n) is 3.30. The number of hydrogen-bond acceptors (Lipinski definition) is 2. The molecule has 1 aliphatic rings. The van der Waals surface area contributed by atoms with Crippen LogP contribution in [-0.4, -0.2) is 19.6 Å². The second-order valence-electron chi connectivity index (χ2n) is 4.23. The van der Waals surface area contributed by atoms with Crippen molar-refractivity contribution in [3.05, 3.63) is 28.3 Å². The van der Waals surface area contributed by atoms with Gasteiger partial charge >= 0.3 is 0 Å². The molecular formula is C12H17ClN2. The zero-order chi connectivity index (χ0) is 11.0. The molecule has 0 radical (unpaired) electrons. The van der Waals surface area contributed by atoms with Gasteiger partial charge in [0.05, 0.1) is 0 Å². The number of benzene rings is 1. The minimum Gasteiger partial charge on any atom is -0.371 e. The predicted molar refractivity (Wildman–Crippen MR) is 65.8 cm³/mol. The Morgan fingerprint density at radius 2 is 2.27 bits per heavy atom. The molecule has 1 aliphatic heterocycles. The lowest BCUT2D eigenvalue weighted by molar-refractivity contribution is 0.616. The van der Waals surface area contributed by atoms with Crippen LogP contribution in [0.5, 0.6) is 0 Å². The van der Waals surface area contributed by atoms with Gasteiger partial charge in [0.15, 0.2) is 0 Å². The lowest BCUT2D eigenvalue weighted by Gasteiger charge is -2.23. The van der Waals surface area contributed by atoms with Crippen molar-refractivity contribution in [3.63, 3.8) is 0 Å². The molecule has 2 nitrogen and oxygen atoms in total. The summed E-state index contributed by atoms with van der Waals surface area (Å²) < 4.78 is 0. The molecule has 0 saturated carbocycles. The molecule has 0 amide bonds. The number of nitrogens with two attached hydrogens (primary N) is 1. The van der Waals surface area contributed by atoms with Crippen molar-refractivity contribution in [3.8, 4) is 0 Å². The normalized spacial score (nSPS) is 19.5. The summed E-state index contributed by atoms with van der Waals surface area (Å²) in [5.41, 5.74) is 9.52. The largest absolute Gasteiger partial charge is 0.371 e. The van der Waals surface area contributed by atoms with Gasteiger partial charge in [0, 0.05) is 23.8 Å². The highest BCUT2D eigenvalue weighted by atomic mass is 35.5. The standard InChI is InChI=1S/C12H17ClN2/c1-8-11(13)4-3-9-7-10(5-6-14)15(2)12(8)9/h3-4,10H,5-7,14H2,1-2H3. The molecule has 0 aromatic heterocycles. The smallest absolute Gasteiger partial charge is 0.0456 e. The van der Waals surface area contributed by atoms with Gasteiger partial charge in [-0.3, -0.25) is 0 Å². The Morgan fingerprint density at radius 1 is 1.53 bits per heavy atom. The van der Waals surface area contributed by atoms with Gasteiger partial charge in [-0.2, -0.15) is 0 Å². The van der Waals surface area contributed by atoms with E-state index in [0.29, 0.717) is 6.04 Å². The quantitative estimate of drug-likeness (QED) is 0.836. The molecule has 1 heterocycles. The summed E-state index contributed by atoms with van der Waals surface area (Å²) in [6.45, 7) is 2.83. The molecule has 82 valence electrons. The van der Waals surface area contributed by atoms with Crippen LogP contribution in [0, 0.1) is 6.92 Å². The highest BCUT2D eigenvalue weighted by Crippen LogP contribution is 2.37. The summed E-state index contributed by atoms with van der Waals surface area (Å²) in [5.74, 6) is 0. The van der Waals surface area contributed by atoms with E-state index in [2.05, 4.69) is 24.9 Å². The van der Waals surface area contributed by atoms with Crippen LogP contribution in [0.3, 0.4) is 0 Å². The van der Waals surface area contributed by atoms with E-state index < -0.39 is 0 Å². The minimum absolute atomic E-state index is 0.544. The van der Waals surface area contributed by atoms with Crippen molar-refractivity contribution in [2.75, 3.05) is 18.5 Å². The molecule has 0 bridgehead atoms. The molecule has 0 spiro atoms. The molecule has 1 aromatic rings. The van der Waals surface area contributed by atoms with Crippen molar-refractivity contribution in [2.24, 2.45) is 5.73 Å². The van der Waals surface area contributed by atoms with Crippen LogP contribution in [0.15, 0.2) is 12.1 Å². The van der Waals surface area contributed by atoms with Gasteiger partial charge in [0.25, 0.3) is 0 Å². The Bertz CT molecular complexity index is 376. The maximum absolute atomic E-state index is 6.13. The topological polar surface area (TPSA) is 29.3 Å². The first-order valence-corrected chi connectivity index (χ1v) is 5.73. The fourth-order valence-electron chi connectivity index (χ4n) is 2.45. The average molecular weight is 225 g/mol. The Hall–Kier alpha value is -0.730. The number of fused-ring (bicyclic) bond motifs is 1. The molecule has 2 rings (SSSR count). The molecule has 0 saturated heterocycles. The summed E-state index contributed by atoms with van der Waals surface area (Å²) >= 11 is 6.13. The average Bonchev–Trinajstić information content (AvgIpc) is 2.52. The number of rotatable bonds is 2. The fourth-order valence-corrected chi connectivity index (χ4v) is 2.60. The zero-order valence-electron chi connectivity index (χ0n) is 9.26. The highest BCUT2D eigenvalue weighted by molar-refractivity contribution is 6.31. The third-order valence-corrected chi connectivity index (χ3v) is 3.71. The van der Waals surface area contributed by atoms with E-state index in [-0.39, 0.29) is 0 Å². The fraction of sp³-hybridized carbons (Fsp3) is 0.500. The molecular weight excluding hydrogens is 208 g/mol. The Balaban J connectivity index is 2.37. The molecule has 1 unspecified atom stereocenters. The summed E-state index contributed by atoms with van der Waals surface area (Å²) in [5, 5.41) is 0.856. The summed E-state index contributed by atoms with van der Waals surface area (Å²) in [7, 11) is 2.13. The maximum atomic E-state index is 6.13. The first kappa shape index (κ1) is 10.8. The Kier molecular flexibility index (Phi) is 2.89.